The van der Waals surface area contributed by atoms with Crippen LogP contribution in [0.1, 0.15) is 35.4 Å². The molecule has 0 saturated heterocycles. The zero-order valence-electron chi connectivity index (χ0n) is 8.39. The molecule has 0 N–H and O–H groups in total. The third kappa shape index (κ3) is 1.59. The second-order valence-electron chi connectivity index (χ2n) is 4.20. The summed E-state index contributed by atoms with van der Waals surface area (Å²) in [5, 5.41) is -0.150. The average molecular weight is 233 g/mol. The number of thiophene rings is 1. The molecule has 1 fully saturated rings. The van der Waals surface area contributed by atoms with E-state index in [-0.39, 0.29) is 10.8 Å². The monoisotopic (exact) mass is 232 g/mol. The number of hydrogen-bond acceptors (Lipinski definition) is 1. The fourth-order valence-corrected chi connectivity index (χ4v) is 3.16. The Balaban J connectivity index is 2.15. The van der Waals surface area contributed by atoms with E-state index < -0.39 is 6.17 Å². The van der Waals surface area contributed by atoms with Crippen molar-refractivity contribution in [2.75, 3.05) is 0 Å². The largest absolute Gasteiger partial charge is 0.247 e. The van der Waals surface area contributed by atoms with E-state index in [0.29, 0.717) is 6.42 Å². The number of alkyl halides is 2. The summed E-state index contributed by atoms with van der Waals surface area (Å²) >= 11 is 7.99. The molecule has 0 amide bonds. The lowest BCUT2D eigenvalue weighted by Gasteiger charge is -2.14. The summed E-state index contributed by atoms with van der Waals surface area (Å²) in [6.07, 6.45) is 0.932. The second kappa shape index (κ2) is 3.49. The highest BCUT2D eigenvalue weighted by Crippen LogP contribution is 2.60. The molecule has 1 aliphatic rings. The molecule has 0 bridgehead atoms. The molecule has 3 atom stereocenters. The Morgan fingerprint density at radius 3 is 2.79 bits per heavy atom. The van der Waals surface area contributed by atoms with Crippen LogP contribution >= 0.6 is 22.9 Å². The van der Waals surface area contributed by atoms with E-state index in [0.717, 1.165) is 11.3 Å². The van der Waals surface area contributed by atoms with Gasteiger partial charge in [-0.15, -0.1) is 22.9 Å². The third-order valence-corrected chi connectivity index (χ3v) is 5.19. The molecule has 0 spiro atoms. The Kier molecular flexibility index (Phi) is 2.61. The maximum atomic E-state index is 13.1. The summed E-state index contributed by atoms with van der Waals surface area (Å²) in [5.74, 6) is 0. The van der Waals surface area contributed by atoms with Crippen molar-refractivity contribution in [3.63, 3.8) is 0 Å². The predicted octanol–water partition coefficient (Wildman–Crippen LogP) is 4.34. The van der Waals surface area contributed by atoms with E-state index in [4.69, 9.17) is 11.6 Å². The van der Waals surface area contributed by atoms with E-state index >= 15 is 0 Å². The summed E-state index contributed by atoms with van der Waals surface area (Å²) in [5.41, 5.74) is -0.308. The van der Waals surface area contributed by atoms with Gasteiger partial charge in [-0.3, -0.25) is 0 Å². The van der Waals surface area contributed by atoms with E-state index in [1.54, 1.807) is 11.3 Å². The minimum absolute atomic E-state index is 0.150. The van der Waals surface area contributed by atoms with Crippen LogP contribution in [-0.4, -0.2) is 6.17 Å². The van der Waals surface area contributed by atoms with Gasteiger partial charge in [-0.1, -0.05) is 13.8 Å². The molecule has 3 unspecified atom stereocenters. The Morgan fingerprint density at radius 1 is 1.71 bits per heavy atom. The second-order valence-corrected chi connectivity index (χ2v) is 5.83. The number of halogens is 2. The lowest BCUT2D eigenvalue weighted by atomic mass is 10.0. The Labute approximate surface area is 93.1 Å². The van der Waals surface area contributed by atoms with Gasteiger partial charge in [-0.25, -0.2) is 4.39 Å². The van der Waals surface area contributed by atoms with Crippen LogP contribution in [0.25, 0.3) is 0 Å². The van der Waals surface area contributed by atoms with Gasteiger partial charge in [-0.2, -0.15) is 0 Å². The van der Waals surface area contributed by atoms with Crippen LogP contribution in [0.15, 0.2) is 12.1 Å². The quantitative estimate of drug-likeness (QED) is 0.681. The Bertz CT molecular complexity index is 336. The summed E-state index contributed by atoms with van der Waals surface area (Å²) in [7, 11) is 0. The molecule has 2 rings (SSSR count). The van der Waals surface area contributed by atoms with E-state index in [2.05, 4.69) is 13.0 Å². The van der Waals surface area contributed by atoms with Crippen molar-refractivity contribution < 1.29 is 4.39 Å². The molecule has 14 heavy (non-hydrogen) atoms. The molecule has 1 aromatic rings. The standard InChI is InChI=1S/C11H14ClFS/c1-3-7-4-5-8(14-7)10(12)11(2)6-9(11)13/h4-5,9-10H,3,6H2,1-2H3. The van der Waals surface area contributed by atoms with Crippen LogP contribution in [0.2, 0.25) is 0 Å². The van der Waals surface area contributed by atoms with Gasteiger partial charge < -0.3 is 0 Å². The van der Waals surface area contributed by atoms with E-state index in [1.165, 1.54) is 4.88 Å². The molecule has 0 radical (unpaired) electrons. The van der Waals surface area contributed by atoms with Crippen molar-refractivity contribution in [2.24, 2.45) is 5.41 Å². The summed E-state index contributed by atoms with van der Waals surface area (Å²) in [6.45, 7) is 4.05. The van der Waals surface area contributed by atoms with Crippen molar-refractivity contribution >= 4 is 22.9 Å². The van der Waals surface area contributed by atoms with Crippen LogP contribution in [-0.2, 0) is 6.42 Å². The van der Waals surface area contributed by atoms with Gasteiger partial charge in [0.25, 0.3) is 0 Å². The topological polar surface area (TPSA) is 0 Å². The summed E-state index contributed by atoms with van der Waals surface area (Å²) in [6, 6.07) is 4.13. The first kappa shape index (κ1) is 10.4. The lowest BCUT2D eigenvalue weighted by molar-refractivity contribution is 0.371. The molecule has 1 heterocycles. The third-order valence-electron chi connectivity index (χ3n) is 3.03. The molecule has 0 aromatic carbocycles. The summed E-state index contributed by atoms with van der Waals surface area (Å²) < 4.78 is 13.1. The van der Waals surface area contributed by atoms with Crippen molar-refractivity contribution in [1.29, 1.82) is 0 Å². The highest BCUT2D eigenvalue weighted by Gasteiger charge is 2.56. The Hall–Kier alpha value is -0.0800. The van der Waals surface area contributed by atoms with Crippen LogP contribution in [0.3, 0.4) is 0 Å². The number of rotatable bonds is 3. The van der Waals surface area contributed by atoms with Crippen molar-refractivity contribution in [3.05, 3.63) is 21.9 Å². The van der Waals surface area contributed by atoms with Gasteiger partial charge in [0.05, 0.1) is 5.38 Å². The first-order valence-electron chi connectivity index (χ1n) is 4.94. The smallest absolute Gasteiger partial charge is 0.108 e. The van der Waals surface area contributed by atoms with Gasteiger partial charge in [0.1, 0.15) is 6.17 Å². The van der Waals surface area contributed by atoms with Crippen LogP contribution in [0, 0.1) is 5.41 Å². The van der Waals surface area contributed by atoms with Gasteiger partial charge in [0, 0.05) is 15.2 Å². The van der Waals surface area contributed by atoms with Crippen molar-refractivity contribution in [2.45, 2.75) is 38.2 Å². The lowest BCUT2D eigenvalue weighted by Crippen LogP contribution is -2.06. The molecule has 1 saturated carbocycles. The van der Waals surface area contributed by atoms with E-state index in [1.807, 2.05) is 13.0 Å². The normalized spacial score (nSPS) is 33.0. The van der Waals surface area contributed by atoms with Gasteiger partial charge >= 0.3 is 0 Å². The average Bonchev–Trinajstić information content (AvgIpc) is 2.67. The van der Waals surface area contributed by atoms with Crippen molar-refractivity contribution in [3.8, 4) is 0 Å². The van der Waals surface area contributed by atoms with E-state index in [9.17, 15) is 4.39 Å². The molecule has 0 nitrogen and oxygen atoms in total. The SMILES string of the molecule is CCc1ccc(C(Cl)C2(C)CC2F)s1. The summed E-state index contributed by atoms with van der Waals surface area (Å²) in [4.78, 5) is 2.44. The first-order chi connectivity index (χ1) is 6.58. The van der Waals surface area contributed by atoms with Crippen LogP contribution in [0.5, 0.6) is 0 Å². The first-order valence-corrected chi connectivity index (χ1v) is 6.20. The fraction of sp³-hybridized carbons (Fsp3) is 0.636. The molecule has 1 aliphatic carbocycles. The molecular formula is C11H14ClFS. The van der Waals surface area contributed by atoms with Gasteiger partial charge in [-0.05, 0) is 25.0 Å². The molecule has 0 aliphatic heterocycles. The maximum Gasteiger partial charge on any atom is 0.108 e. The van der Waals surface area contributed by atoms with Crippen LogP contribution in [0.4, 0.5) is 4.39 Å². The zero-order valence-corrected chi connectivity index (χ0v) is 9.96. The molecular weight excluding hydrogens is 219 g/mol. The molecule has 3 heteroatoms. The minimum atomic E-state index is -0.711. The Morgan fingerprint density at radius 2 is 2.36 bits per heavy atom. The molecule has 78 valence electrons. The fourth-order valence-electron chi connectivity index (χ4n) is 1.64. The van der Waals surface area contributed by atoms with Gasteiger partial charge in [0.2, 0.25) is 0 Å². The minimum Gasteiger partial charge on any atom is -0.247 e. The number of aryl methyl sites for hydroxylation is 1. The highest BCUT2D eigenvalue weighted by atomic mass is 35.5. The number of hydrogen-bond donors (Lipinski definition) is 0. The van der Waals surface area contributed by atoms with Crippen molar-refractivity contribution in [1.82, 2.24) is 0 Å². The zero-order chi connectivity index (χ0) is 10.3. The predicted molar refractivity (Wildman–Crippen MR) is 59.9 cm³/mol. The highest BCUT2D eigenvalue weighted by molar-refractivity contribution is 7.12. The molecule has 1 aromatic heterocycles. The van der Waals surface area contributed by atoms with Gasteiger partial charge in [0.15, 0.2) is 0 Å². The van der Waals surface area contributed by atoms with Crippen LogP contribution < -0.4 is 0 Å². The maximum absolute atomic E-state index is 13.1.